The van der Waals surface area contributed by atoms with Crippen LogP contribution in [0.4, 0.5) is 0 Å². The lowest BCUT2D eigenvalue weighted by atomic mass is 10.3. The molecule has 0 spiro atoms. The fraction of sp³-hybridized carbons (Fsp3) is 0.273. The molecule has 0 saturated carbocycles. The topological polar surface area (TPSA) is 72.7 Å². The fourth-order valence-corrected chi connectivity index (χ4v) is 1.78. The quantitative estimate of drug-likeness (QED) is 0.910. The molecule has 2 aromatic heterocycles. The van der Waals surface area contributed by atoms with Crippen molar-refractivity contribution in [2.24, 2.45) is 0 Å². The number of halogens is 1. The largest absolute Gasteiger partial charge is 0.354 e. The number of carbonyl (C=O) groups is 1. The highest BCUT2D eigenvalue weighted by Crippen LogP contribution is 2.21. The fourth-order valence-electron chi connectivity index (χ4n) is 1.53. The zero-order valence-corrected chi connectivity index (χ0v) is 11.8. The molecule has 6 nitrogen and oxygen atoms in total. The summed E-state index contributed by atoms with van der Waals surface area (Å²) in [4.78, 5) is 11.3. The highest BCUT2D eigenvalue weighted by Gasteiger charge is 2.12. The Balaban J connectivity index is 2.40. The second-order valence-corrected chi connectivity index (χ2v) is 4.55. The number of amides is 1. The van der Waals surface area contributed by atoms with E-state index in [0.29, 0.717) is 5.82 Å². The van der Waals surface area contributed by atoms with Crippen molar-refractivity contribution in [2.75, 3.05) is 7.05 Å². The van der Waals surface area contributed by atoms with Crippen LogP contribution in [0.5, 0.6) is 0 Å². The van der Waals surface area contributed by atoms with Gasteiger partial charge in [-0.2, -0.15) is 5.10 Å². The minimum Gasteiger partial charge on any atom is -0.354 e. The standard InChI is InChI=1S/C11H12BrN5O/c1-6-10(12)7(2)17(16-6)9-5-4-8(14-15-9)11(18)13-3/h4-5H,1-3H3,(H,13,18). The van der Waals surface area contributed by atoms with Crippen molar-refractivity contribution in [3.63, 3.8) is 0 Å². The average molecular weight is 310 g/mol. The summed E-state index contributed by atoms with van der Waals surface area (Å²) in [6.45, 7) is 3.83. The zero-order chi connectivity index (χ0) is 13.3. The van der Waals surface area contributed by atoms with Crippen LogP contribution in [0, 0.1) is 13.8 Å². The summed E-state index contributed by atoms with van der Waals surface area (Å²) in [5.74, 6) is 0.317. The predicted molar refractivity (Wildman–Crippen MR) is 69.7 cm³/mol. The van der Waals surface area contributed by atoms with Gasteiger partial charge in [0.2, 0.25) is 0 Å². The molecule has 0 bridgehead atoms. The Hall–Kier alpha value is -1.76. The Morgan fingerprint density at radius 2 is 2.06 bits per heavy atom. The molecule has 94 valence electrons. The Labute approximate surface area is 113 Å². The first-order valence-corrected chi connectivity index (χ1v) is 6.11. The number of aromatic nitrogens is 4. The molecular formula is C11H12BrN5O. The van der Waals surface area contributed by atoms with Gasteiger partial charge >= 0.3 is 0 Å². The van der Waals surface area contributed by atoms with E-state index in [0.717, 1.165) is 15.9 Å². The molecule has 0 saturated heterocycles. The smallest absolute Gasteiger partial charge is 0.271 e. The lowest BCUT2D eigenvalue weighted by Crippen LogP contribution is -2.20. The Bertz CT molecular complexity index is 590. The van der Waals surface area contributed by atoms with Gasteiger partial charge < -0.3 is 5.32 Å². The van der Waals surface area contributed by atoms with Crippen LogP contribution in [0.3, 0.4) is 0 Å². The Kier molecular flexibility index (Phi) is 3.42. The lowest BCUT2D eigenvalue weighted by Gasteiger charge is -2.03. The van der Waals surface area contributed by atoms with Crippen molar-refractivity contribution >= 4 is 21.8 Å². The van der Waals surface area contributed by atoms with Crippen molar-refractivity contribution in [3.8, 4) is 5.82 Å². The number of nitrogens with one attached hydrogen (secondary N) is 1. The third kappa shape index (κ3) is 2.13. The first-order valence-electron chi connectivity index (χ1n) is 5.32. The van der Waals surface area contributed by atoms with Crippen molar-refractivity contribution in [2.45, 2.75) is 13.8 Å². The van der Waals surface area contributed by atoms with Gasteiger partial charge in [-0.05, 0) is 41.9 Å². The van der Waals surface area contributed by atoms with Crippen molar-refractivity contribution in [1.82, 2.24) is 25.3 Å². The normalized spacial score (nSPS) is 10.4. The number of carbonyl (C=O) groups excluding carboxylic acids is 1. The summed E-state index contributed by atoms with van der Waals surface area (Å²) in [5.41, 5.74) is 2.10. The molecule has 2 rings (SSSR count). The molecule has 0 aliphatic rings. The van der Waals surface area contributed by atoms with Gasteiger partial charge in [0.25, 0.3) is 5.91 Å². The molecule has 2 heterocycles. The van der Waals surface area contributed by atoms with Gasteiger partial charge in [0.05, 0.1) is 15.9 Å². The Morgan fingerprint density at radius 1 is 1.33 bits per heavy atom. The van der Waals surface area contributed by atoms with Gasteiger partial charge in [0.1, 0.15) is 0 Å². The molecule has 18 heavy (non-hydrogen) atoms. The minimum absolute atomic E-state index is 0.261. The number of hydrogen-bond donors (Lipinski definition) is 1. The monoisotopic (exact) mass is 309 g/mol. The molecule has 1 N–H and O–H groups in total. The summed E-state index contributed by atoms with van der Waals surface area (Å²) in [6, 6.07) is 3.33. The molecule has 0 unspecified atom stereocenters. The van der Waals surface area contributed by atoms with Crippen LogP contribution in [0.2, 0.25) is 0 Å². The van der Waals surface area contributed by atoms with E-state index in [9.17, 15) is 4.79 Å². The van der Waals surface area contributed by atoms with E-state index in [4.69, 9.17) is 0 Å². The van der Waals surface area contributed by atoms with Gasteiger partial charge in [0.15, 0.2) is 11.5 Å². The van der Waals surface area contributed by atoms with Gasteiger partial charge in [-0.25, -0.2) is 4.68 Å². The molecule has 0 radical (unpaired) electrons. The summed E-state index contributed by atoms with van der Waals surface area (Å²) in [6.07, 6.45) is 0. The number of hydrogen-bond acceptors (Lipinski definition) is 4. The first kappa shape index (κ1) is 12.7. The van der Waals surface area contributed by atoms with E-state index in [1.165, 1.54) is 0 Å². The first-order chi connectivity index (χ1) is 8.54. The van der Waals surface area contributed by atoms with Crippen LogP contribution < -0.4 is 5.32 Å². The molecule has 0 fully saturated rings. The summed E-state index contributed by atoms with van der Waals surface area (Å²) < 4.78 is 2.62. The predicted octanol–water partition coefficient (Wildman–Crippen LogP) is 1.40. The van der Waals surface area contributed by atoms with Gasteiger partial charge in [-0.3, -0.25) is 4.79 Å². The molecule has 1 amide bonds. The second-order valence-electron chi connectivity index (χ2n) is 3.75. The van der Waals surface area contributed by atoms with Crippen LogP contribution in [0.1, 0.15) is 21.9 Å². The van der Waals surface area contributed by atoms with Crippen LogP contribution in [-0.2, 0) is 0 Å². The zero-order valence-electron chi connectivity index (χ0n) is 10.2. The minimum atomic E-state index is -0.261. The highest BCUT2D eigenvalue weighted by molar-refractivity contribution is 9.10. The number of rotatable bonds is 2. The Morgan fingerprint density at radius 3 is 2.50 bits per heavy atom. The summed E-state index contributed by atoms with van der Waals surface area (Å²) in [5, 5.41) is 14.7. The maximum absolute atomic E-state index is 11.3. The molecule has 7 heteroatoms. The molecule has 0 aliphatic carbocycles. The van der Waals surface area contributed by atoms with Crippen LogP contribution in [0.25, 0.3) is 5.82 Å². The van der Waals surface area contributed by atoms with Crippen LogP contribution in [0.15, 0.2) is 16.6 Å². The lowest BCUT2D eigenvalue weighted by molar-refractivity contribution is 0.0957. The third-order valence-corrected chi connectivity index (χ3v) is 3.68. The third-order valence-electron chi connectivity index (χ3n) is 2.53. The van der Waals surface area contributed by atoms with Gasteiger partial charge in [-0.1, -0.05) is 0 Å². The average Bonchev–Trinajstić information content (AvgIpc) is 2.66. The van der Waals surface area contributed by atoms with E-state index in [2.05, 4.69) is 36.5 Å². The van der Waals surface area contributed by atoms with Crippen LogP contribution >= 0.6 is 15.9 Å². The molecule has 0 atom stereocenters. The van der Waals surface area contributed by atoms with Gasteiger partial charge in [0, 0.05) is 7.05 Å². The molecule has 0 aliphatic heterocycles. The highest BCUT2D eigenvalue weighted by atomic mass is 79.9. The van der Waals surface area contributed by atoms with E-state index in [1.807, 2.05) is 13.8 Å². The van der Waals surface area contributed by atoms with E-state index < -0.39 is 0 Å². The van der Waals surface area contributed by atoms with Crippen molar-refractivity contribution in [3.05, 3.63) is 33.7 Å². The SMILES string of the molecule is CNC(=O)c1ccc(-n2nc(C)c(Br)c2C)nn1. The van der Waals surface area contributed by atoms with Gasteiger partial charge in [-0.15, -0.1) is 10.2 Å². The molecular weight excluding hydrogens is 298 g/mol. The maximum Gasteiger partial charge on any atom is 0.271 e. The van der Waals surface area contributed by atoms with Crippen LogP contribution in [-0.4, -0.2) is 32.9 Å². The molecule has 2 aromatic rings. The van der Waals surface area contributed by atoms with Crippen molar-refractivity contribution < 1.29 is 4.79 Å². The number of aryl methyl sites for hydroxylation is 1. The van der Waals surface area contributed by atoms with Crippen molar-refractivity contribution in [1.29, 1.82) is 0 Å². The summed E-state index contributed by atoms with van der Waals surface area (Å²) in [7, 11) is 1.55. The number of nitrogens with zero attached hydrogens (tertiary/aromatic N) is 4. The summed E-state index contributed by atoms with van der Waals surface area (Å²) >= 11 is 3.45. The van der Waals surface area contributed by atoms with E-state index in [1.54, 1.807) is 23.9 Å². The van der Waals surface area contributed by atoms with E-state index in [-0.39, 0.29) is 11.6 Å². The van der Waals surface area contributed by atoms with E-state index >= 15 is 0 Å². The molecule has 0 aromatic carbocycles. The maximum atomic E-state index is 11.3. The second kappa shape index (κ2) is 4.85.